The van der Waals surface area contributed by atoms with Crippen molar-refractivity contribution >= 4 is 43.5 Å². The Hall–Kier alpha value is -2.39. The number of para-hydroxylation sites is 1. The number of sulfonamides is 1. The van der Waals surface area contributed by atoms with Gasteiger partial charge in [-0.3, -0.25) is 13.9 Å². The maximum Gasteiger partial charge on any atom is 0.242 e. The standard InChI is InChI=1S/C24H32BrN3O4S/c1-5-26-24(30)19(3)27(17-20-11-8-12-21(25)16-20)23(29)14-9-15-28(33(4,31)32)22-13-7-6-10-18(22)2/h6-8,10-13,16,19H,5,9,14-15,17H2,1-4H3,(H,26,30). The molecule has 0 saturated heterocycles. The zero-order valence-electron chi connectivity index (χ0n) is 19.5. The van der Waals surface area contributed by atoms with Crippen LogP contribution in [0.3, 0.4) is 0 Å². The number of halogens is 1. The monoisotopic (exact) mass is 537 g/mol. The second-order valence-electron chi connectivity index (χ2n) is 7.95. The molecule has 1 atom stereocenters. The highest BCUT2D eigenvalue weighted by atomic mass is 79.9. The van der Waals surface area contributed by atoms with Crippen molar-refractivity contribution in [2.45, 2.75) is 46.2 Å². The Kier molecular flexibility index (Phi) is 9.91. The van der Waals surface area contributed by atoms with Crippen LogP contribution >= 0.6 is 15.9 Å². The lowest BCUT2D eigenvalue weighted by atomic mass is 10.1. The van der Waals surface area contributed by atoms with Gasteiger partial charge in [0, 0.05) is 30.5 Å². The number of benzene rings is 2. The lowest BCUT2D eigenvalue weighted by Gasteiger charge is -2.29. The number of rotatable bonds is 11. The molecular weight excluding hydrogens is 506 g/mol. The number of hydrogen-bond acceptors (Lipinski definition) is 4. The molecule has 0 fully saturated rings. The maximum atomic E-state index is 13.2. The summed E-state index contributed by atoms with van der Waals surface area (Å²) in [6.45, 7) is 6.32. The molecule has 0 bridgehead atoms. The normalized spacial score (nSPS) is 12.2. The van der Waals surface area contributed by atoms with E-state index in [1.165, 1.54) is 4.31 Å². The molecule has 2 aromatic carbocycles. The van der Waals surface area contributed by atoms with Crippen molar-refractivity contribution in [2.24, 2.45) is 0 Å². The van der Waals surface area contributed by atoms with Gasteiger partial charge in [-0.1, -0.05) is 46.3 Å². The first-order valence-corrected chi connectivity index (χ1v) is 13.5. The highest BCUT2D eigenvalue weighted by molar-refractivity contribution is 9.10. The van der Waals surface area contributed by atoms with Crippen molar-refractivity contribution in [3.63, 3.8) is 0 Å². The molecule has 0 radical (unpaired) electrons. The van der Waals surface area contributed by atoms with Crippen LogP contribution in [-0.4, -0.2) is 50.5 Å². The van der Waals surface area contributed by atoms with E-state index in [0.717, 1.165) is 21.9 Å². The molecule has 2 aromatic rings. The first-order chi connectivity index (χ1) is 15.5. The van der Waals surface area contributed by atoms with Gasteiger partial charge < -0.3 is 10.2 Å². The molecule has 0 spiro atoms. The fraction of sp³-hybridized carbons (Fsp3) is 0.417. The number of hydrogen-bond donors (Lipinski definition) is 1. The average Bonchev–Trinajstić information content (AvgIpc) is 2.74. The van der Waals surface area contributed by atoms with Crippen molar-refractivity contribution < 1.29 is 18.0 Å². The predicted molar refractivity (Wildman–Crippen MR) is 135 cm³/mol. The molecule has 1 N–H and O–H groups in total. The van der Waals surface area contributed by atoms with E-state index in [9.17, 15) is 18.0 Å². The Morgan fingerprint density at radius 2 is 1.82 bits per heavy atom. The number of nitrogens with one attached hydrogen (secondary N) is 1. The largest absolute Gasteiger partial charge is 0.355 e. The number of aryl methyl sites for hydroxylation is 1. The van der Waals surface area contributed by atoms with Gasteiger partial charge >= 0.3 is 0 Å². The smallest absolute Gasteiger partial charge is 0.242 e. The SMILES string of the molecule is CCNC(=O)C(C)N(Cc1cccc(Br)c1)C(=O)CCCN(c1ccccc1C)S(C)(=O)=O. The van der Waals surface area contributed by atoms with Gasteiger partial charge in [0.2, 0.25) is 21.8 Å². The minimum absolute atomic E-state index is 0.121. The number of anilines is 1. The fourth-order valence-corrected chi connectivity index (χ4v) is 5.03. The number of carbonyl (C=O) groups is 2. The molecule has 1 unspecified atom stereocenters. The van der Waals surface area contributed by atoms with E-state index >= 15 is 0 Å². The van der Waals surface area contributed by atoms with Crippen LogP contribution < -0.4 is 9.62 Å². The molecule has 0 aliphatic carbocycles. The van der Waals surface area contributed by atoms with E-state index in [-0.39, 0.29) is 31.3 Å². The van der Waals surface area contributed by atoms with Gasteiger partial charge in [0.15, 0.2) is 0 Å². The van der Waals surface area contributed by atoms with Crippen LogP contribution in [0, 0.1) is 6.92 Å². The lowest BCUT2D eigenvalue weighted by molar-refractivity contribution is -0.140. The molecule has 180 valence electrons. The summed E-state index contributed by atoms with van der Waals surface area (Å²) in [6, 6.07) is 14.2. The van der Waals surface area contributed by atoms with Crippen LogP contribution in [0.5, 0.6) is 0 Å². The van der Waals surface area contributed by atoms with Crippen molar-refractivity contribution in [3.05, 3.63) is 64.1 Å². The first kappa shape index (κ1) is 26.9. The van der Waals surface area contributed by atoms with Crippen molar-refractivity contribution in [3.8, 4) is 0 Å². The van der Waals surface area contributed by atoms with Gasteiger partial charge in [-0.2, -0.15) is 0 Å². The molecule has 33 heavy (non-hydrogen) atoms. The molecule has 0 heterocycles. The van der Waals surface area contributed by atoms with Gasteiger partial charge in [-0.25, -0.2) is 8.42 Å². The van der Waals surface area contributed by atoms with Crippen LogP contribution in [0.1, 0.15) is 37.8 Å². The molecule has 2 amide bonds. The maximum absolute atomic E-state index is 13.2. The Balaban J connectivity index is 2.16. The van der Waals surface area contributed by atoms with Crippen LogP contribution in [0.15, 0.2) is 53.0 Å². The first-order valence-electron chi connectivity index (χ1n) is 10.9. The van der Waals surface area contributed by atoms with Crippen molar-refractivity contribution in [2.75, 3.05) is 23.7 Å². The molecular formula is C24H32BrN3O4S. The summed E-state index contributed by atoms with van der Waals surface area (Å²) in [5.41, 5.74) is 2.34. The quantitative estimate of drug-likeness (QED) is 0.471. The summed E-state index contributed by atoms with van der Waals surface area (Å²) in [6.07, 6.45) is 1.62. The van der Waals surface area contributed by atoms with Crippen LogP contribution in [0.25, 0.3) is 0 Å². The lowest BCUT2D eigenvalue weighted by Crippen LogP contribution is -2.47. The Labute approximate surface area is 205 Å². The number of carbonyl (C=O) groups excluding carboxylic acids is 2. The summed E-state index contributed by atoms with van der Waals surface area (Å²) in [7, 11) is -3.51. The van der Waals surface area contributed by atoms with Gasteiger partial charge in [0.05, 0.1) is 11.9 Å². The number of likely N-dealkylation sites (N-methyl/N-ethyl adjacent to an activating group) is 1. The Morgan fingerprint density at radius 3 is 2.42 bits per heavy atom. The van der Waals surface area contributed by atoms with Gasteiger partial charge in [-0.05, 0) is 56.5 Å². The summed E-state index contributed by atoms with van der Waals surface area (Å²) >= 11 is 3.44. The molecule has 0 aromatic heterocycles. The van der Waals surface area contributed by atoms with E-state index in [0.29, 0.717) is 18.7 Å². The van der Waals surface area contributed by atoms with E-state index in [4.69, 9.17) is 0 Å². The molecule has 2 rings (SSSR count). The topological polar surface area (TPSA) is 86.8 Å². The summed E-state index contributed by atoms with van der Waals surface area (Å²) in [5.74, 6) is -0.425. The third-order valence-electron chi connectivity index (χ3n) is 5.30. The average molecular weight is 539 g/mol. The third-order valence-corrected chi connectivity index (χ3v) is 6.97. The second kappa shape index (κ2) is 12.2. The molecule has 7 nitrogen and oxygen atoms in total. The Morgan fingerprint density at radius 1 is 1.12 bits per heavy atom. The molecule has 9 heteroatoms. The predicted octanol–water partition coefficient (Wildman–Crippen LogP) is 3.86. The van der Waals surface area contributed by atoms with E-state index < -0.39 is 16.1 Å². The van der Waals surface area contributed by atoms with Crippen LogP contribution in [-0.2, 0) is 26.2 Å². The highest BCUT2D eigenvalue weighted by Gasteiger charge is 2.26. The minimum atomic E-state index is -3.51. The number of amides is 2. The fourth-order valence-electron chi connectivity index (χ4n) is 3.56. The third kappa shape index (κ3) is 7.85. The zero-order valence-corrected chi connectivity index (χ0v) is 21.9. The Bertz CT molecular complexity index is 1070. The van der Waals surface area contributed by atoms with E-state index in [1.54, 1.807) is 24.0 Å². The second-order valence-corrected chi connectivity index (χ2v) is 10.8. The number of nitrogens with zero attached hydrogens (tertiary/aromatic N) is 2. The molecule has 0 aliphatic rings. The van der Waals surface area contributed by atoms with Gasteiger partial charge in [-0.15, -0.1) is 0 Å². The van der Waals surface area contributed by atoms with Crippen LogP contribution in [0.2, 0.25) is 0 Å². The molecule has 0 aliphatic heterocycles. The summed E-state index contributed by atoms with van der Waals surface area (Å²) < 4.78 is 27.0. The van der Waals surface area contributed by atoms with Crippen molar-refractivity contribution in [1.82, 2.24) is 10.2 Å². The molecule has 0 saturated carbocycles. The van der Waals surface area contributed by atoms with Gasteiger partial charge in [0.1, 0.15) is 6.04 Å². The zero-order chi connectivity index (χ0) is 24.6. The summed E-state index contributed by atoms with van der Waals surface area (Å²) in [5, 5.41) is 2.77. The minimum Gasteiger partial charge on any atom is -0.355 e. The van der Waals surface area contributed by atoms with Crippen molar-refractivity contribution in [1.29, 1.82) is 0 Å². The van der Waals surface area contributed by atoms with Crippen LogP contribution in [0.4, 0.5) is 5.69 Å². The van der Waals surface area contributed by atoms with E-state index in [1.807, 2.05) is 50.2 Å². The highest BCUT2D eigenvalue weighted by Crippen LogP contribution is 2.23. The van der Waals surface area contributed by atoms with Gasteiger partial charge in [0.25, 0.3) is 0 Å². The van der Waals surface area contributed by atoms with E-state index in [2.05, 4.69) is 21.2 Å². The summed E-state index contributed by atoms with van der Waals surface area (Å²) in [4.78, 5) is 27.2.